The number of hydrogen-bond donors (Lipinski definition) is 2. The van der Waals surface area contributed by atoms with E-state index >= 15 is 0 Å². The van der Waals surface area contributed by atoms with Gasteiger partial charge in [0.2, 0.25) is 0 Å². The molecule has 2 rings (SSSR count). The van der Waals surface area contributed by atoms with Gasteiger partial charge in [0, 0.05) is 11.9 Å². The number of rotatable bonds is 2. The zero-order valence-corrected chi connectivity index (χ0v) is 11.2. The Hall–Kier alpha value is -2.76. The Bertz CT molecular complexity index is 655. The monoisotopic (exact) mass is 270 g/mol. The fourth-order valence-corrected chi connectivity index (χ4v) is 1.57. The summed E-state index contributed by atoms with van der Waals surface area (Å²) in [5.41, 5.74) is 1.53. The summed E-state index contributed by atoms with van der Waals surface area (Å²) in [4.78, 5) is 31.6. The molecule has 2 N–H and O–H groups in total. The van der Waals surface area contributed by atoms with E-state index in [9.17, 15) is 9.59 Å². The predicted octanol–water partition coefficient (Wildman–Crippen LogP) is 1.67. The van der Waals surface area contributed by atoms with Gasteiger partial charge in [-0.15, -0.1) is 0 Å². The lowest BCUT2D eigenvalue weighted by molar-refractivity contribution is -0.133. The first-order chi connectivity index (χ1) is 9.56. The Labute approximate surface area is 116 Å². The Morgan fingerprint density at radius 3 is 2.45 bits per heavy atom. The molecule has 0 atom stereocenters. The quantitative estimate of drug-likeness (QED) is 0.813. The molecule has 0 fully saturated rings. The van der Waals surface area contributed by atoms with Crippen molar-refractivity contribution in [2.45, 2.75) is 13.8 Å². The second-order valence-electron chi connectivity index (χ2n) is 4.24. The van der Waals surface area contributed by atoms with E-state index in [0.717, 1.165) is 11.3 Å². The SMILES string of the molecule is Cc1cccc(NC(=O)C(=O)Nc2ncccc2C)n1. The standard InChI is InChI=1S/C14H14N4O2/c1-9-5-4-8-15-12(9)18-14(20)13(19)17-11-7-3-6-10(2)16-11/h3-8H,1-2H3,(H,15,18,20)(H,16,17,19). The molecule has 2 heterocycles. The Kier molecular flexibility index (Phi) is 4.05. The van der Waals surface area contributed by atoms with Gasteiger partial charge in [0.1, 0.15) is 11.6 Å². The Balaban J connectivity index is 2.03. The number of pyridine rings is 2. The van der Waals surface area contributed by atoms with E-state index in [2.05, 4.69) is 20.6 Å². The lowest BCUT2D eigenvalue weighted by Crippen LogP contribution is -2.30. The summed E-state index contributed by atoms with van der Waals surface area (Å²) in [6.45, 7) is 3.59. The molecular formula is C14H14N4O2. The van der Waals surface area contributed by atoms with E-state index in [0.29, 0.717) is 11.6 Å². The fourth-order valence-electron chi connectivity index (χ4n) is 1.57. The average molecular weight is 270 g/mol. The summed E-state index contributed by atoms with van der Waals surface area (Å²) in [6, 6.07) is 8.71. The summed E-state index contributed by atoms with van der Waals surface area (Å²) >= 11 is 0. The number of anilines is 2. The van der Waals surface area contributed by atoms with Gasteiger partial charge in [0.05, 0.1) is 0 Å². The number of carbonyl (C=O) groups is 2. The predicted molar refractivity (Wildman–Crippen MR) is 75.2 cm³/mol. The highest BCUT2D eigenvalue weighted by molar-refractivity contribution is 6.43. The Morgan fingerprint density at radius 1 is 1.00 bits per heavy atom. The van der Waals surface area contributed by atoms with Gasteiger partial charge in [-0.2, -0.15) is 0 Å². The normalized spacial score (nSPS) is 9.90. The summed E-state index contributed by atoms with van der Waals surface area (Å²) in [5, 5.41) is 4.89. The molecule has 0 aromatic carbocycles. The van der Waals surface area contributed by atoms with Crippen LogP contribution >= 0.6 is 0 Å². The first kappa shape index (κ1) is 13.7. The number of carbonyl (C=O) groups excluding carboxylic acids is 2. The van der Waals surface area contributed by atoms with Gasteiger partial charge in [-0.05, 0) is 37.6 Å². The maximum atomic E-state index is 11.8. The minimum Gasteiger partial charge on any atom is -0.302 e. The van der Waals surface area contributed by atoms with Crippen LogP contribution in [0.1, 0.15) is 11.3 Å². The van der Waals surface area contributed by atoms with E-state index in [1.54, 1.807) is 50.4 Å². The van der Waals surface area contributed by atoms with Crippen LogP contribution in [-0.2, 0) is 9.59 Å². The molecule has 0 saturated carbocycles. The highest BCUT2D eigenvalue weighted by atomic mass is 16.2. The molecule has 0 radical (unpaired) electrons. The van der Waals surface area contributed by atoms with Crippen molar-refractivity contribution in [3.63, 3.8) is 0 Å². The van der Waals surface area contributed by atoms with Gasteiger partial charge in [-0.25, -0.2) is 9.97 Å². The van der Waals surface area contributed by atoms with Crippen LogP contribution in [0.2, 0.25) is 0 Å². The number of aryl methyl sites for hydroxylation is 2. The van der Waals surface area contributed by atoms with E-state index < -0.39 is 11.8 Å². The third-order valence-corrected chi connectivity index (χ3v) is 2.58. The zero-order valence-electron chi connectivity index (χ0n) is 11.2. The van der Waals surface area contributed by atoms with Crippen molar-refractivity contribution in [2.24, 2.45) is 0 Å². The minimum atomic E-state index is -0.784. The van der Waals surface area contributed by atoms with Crippen LogP contribution in [0, 0.1) is 13.8 Å². The first-order valence-corrected chi connectivity index (χ1v) is 6.04. The second kappa shape index (κ2) is 5.92. The van der Waals surface area contributed by atoms with Crippen LogP contribution in [0.4, 0.5) is 11.6 Å². The Morgan fingerprint density at radius 2 is 1.75 bits per heavy atom. The van der Waals surface area contributed by atoms with Gasteiger partial charge >= 0.3 is 11.8 Å². The summed E-state index contributed by atoms with van der Waals surface area (Å²) in [5.74, 6) is -0.865. The molecule has 20 heavy (non-hydrogen) atoms. The minimum absolute atomic E-state index is 0.336. The molecule has 102 valence electrons. The number of hydrogen-bond acceptors (Lipinski definition) is 4. The van der Waals surface area contributed by atoms with Crippen LogP contribution in [0.15, 0.2) is 36.5 Å². The van der Waals surface area contributed by atoms with Crippen LogP contribution in [0.3, 0.4) is 0 Å². The molecule has 0 unspecified atom stereocenters. The third kappa shape index (κ3) is 3.38. The first-order valence-electron chi connectivity index (χ1n) is 6.04. The maximum Gasteiger partial charge on any atom is 0.315 e. The topological polar surface area (TPSA) is 84.0 Å². The lowest BCUT2D eigenvalue weighted by atomic mass is 10.3. The molecule has 0 aliphatic heterocycles. The maximum absolute atomic E-state index is 11.8. The molecule has 0 bridgehead atoms. The summed E-state index contributed by atoms with van der Waals surface area (Å²) in [7, 11) is 0. The third-order valence-electron chi connectivity index (χ3n) is 2.58. The van der Waals surface area contributed by atoms with Gasteiger partial charge in [0.15, 0.2) is 0 Å². The molecular weight excluding hydrogens is 256 g/mol. The molecule has 0 aliphatic rings. The number of nitrogens with one attached hydrogen (secondary N) is 2. The van der Waals surface area contributed by atoms with Crippen LogP contribution in [0.5, 0.6) is 0 Å². The van der Waals surface area contributed by atoms with Crippen molar-refractivity contribution in [3.8, 4) is 0 Å². The lowest BCUT2D eigenvalue weighted by Gasteiger charge is -2.07. The van der Waals surface area contributed by atoms with Gasteiger partial charge in [0.25, 0.3) is 0 Å². The summed E-state index contributed by atoms with van der Waals surface area (Å²) < 4.78 is 0. The van der Waals surface area contributed by atoms with Gasteiger partial charge in [-0.1, -0.05) is 12.1 Å². The molecule has 0 spiro atoms. The van der Waals surface area contributed by atoms with Crippen LogP contribution < -0.4 is 10.6 Å². The van der Waals surface area contributed by atoms with Crippen molar-refractivity contribution < 1.29 is 9.59 Å². The summed E-state index contributed by atoms with van der Waals surface area (Å²) in [6.07, 6.45) is 1.54. The van der Waals surface area contributed by atoms with Crippen LogP contribution in [-0.4, -0.2) is 21.8 Å². The van der Waals surface area contributed by atoms with E-state index in [-0.39, 0.29) is 0 Å². The molecule has 6 heteroatoms. The molecule has 2 aromatic heterocycles. The van der Waals surface area contributed by atoms with Crippen molar-refractivity contribution in [2.75, 3.05) is 10.6 Å². The van der Waals surface area contributed by atoms with E-state index in [1.807, 2.05) is 0 Å². The molecule has 0 saturated heterocycles. The van der Waals surface area contributed by atoms with Crippen molar-refractivity contribution >= 4 is 23.5 Å². The zero-order chi connectivity index (χ0) is 14.5. The van der Waals surface area contributed by atoms with Gasteiger partial charge < -0.3 is 10.6 Å². The molecule has 6 nitrogen and oxygen atoms in total. The number of nitrogens with zero attached hydrogens (tertiary/aromatic N) is 2. The van der Waals surface area contributed by atoms with Crippen molar-refractivity contribution in [3.05, 3.63) is 47.8 Å². The van der Waals surface area contributed by atoms with Crippen molar-refractivity contribution in [1.29, 1.82) is 0 Å². The smallest absolute Gasteiger partial charge is 0.302 e. The van der Waals surface area contributed by atoms with E-state index in [4.69, 9.17) is 0 Å². The van der Waals surface area contributed by atoms with E-state index in [1.165, 1.54) is 0 Å². The van der Waals surface area contributed by atoms with Gasteiger partial charge in [-0.3, -0.25) is 9.59 Å². The average Bonchev–Trinajstić information content (AvgIpc) is 2.41. The van der Waals surface area contributed by atoms with Crippen molar-refractivity contribution in [1.82, 2.24) is 9.97 Å². The molecule has 2 amide bonds. The fraction of sp³-hybridized carbons (Fsp3) is 0.143. The largest absolute Gasteiger partial charge is 0.315 e. The van der Waals surface area contributed by atoms with Crippen LogP contribution in [0.25, 0.3) is 0 Å². The number of amides is 2. The highest BCUT2D eigenvalue weighted by Crippen LogP contribution is 2.09. The highest BCUT2D eigenvalue weighted by Gasteiger charge is 2.15. The number of aromatic nitrogens is 2. The second-order valence-corrected chi connectivity index (χ2v) is 4.24. The molecule has 2 aromatic rings. The molecule has 0 aliphatic carbocycles.